The van der Waals surface area contributed by atoms with Crippen molar-refractivity contribution in [2.45, 2.75) is 186 Å². The molecule has 0 aromatic rings. The average Bonchev–Trinajstić information content (AvgIpc) is 3.50. The summed E-state index contributed by atoms with van der Waals surface area (Å²) in [7, 11) is 0. The number of allylic oxidation sites excluding steroid dienone is 2. The molecule has 316 valence electrons. The molecule has 6 fully saturated rings. The summed E-state index contributed by atoms with van der Waals surface area (Å²) in [6.07, 6.45) is -6.61. The minimum Gasteiger partial charge on any atom is -0.394 e. The van der Waals surface area contributed by atoms with Crippen LogP contribution in [0.1, 0.15) is 113 Å². The number of ether oxygens (including phenoxy) is 4. The van der Waals surface area contributed by atoms with Crippen molar-refractivity contribution in [1.82, 2.24) is 0 Å². The number of aliphatic hydroxyl groups is 8. The lowest BCUT2D eigenvalue weighted by Gasteiger charge is -2.69. The van der Waals surface area contributed by atoms with Crippen molar-refractivity contribution in [3.63, 3.8) is 0 Å². The Kier molecular flexibility index (Phi) is 12.3. The van der Waals surface area contributed by atoms with Crippen LogP contribution in [0.2, 0.25) is 0 Å². The summed E-state index contributed by atoms with van der Waals surface area (Å²) in [6.45, 7) is 16.2. The first-order chi connectivity index (χ1) is 25.6. The summed E-state index contributed by atoms with van der Waals surface area (Å²) < 4.78 is 24.3. The molecule has 2 saturated heterocycles. The predicted molar refractivity (Wildman–Crippen MR) is 200 cm³/mol. The van der Waals surface area contributed by atoms with Gasteiger partial charge in [0.25, 0.3) is 0 Å². The second-order valence-electron chi connectivity index (χ2n) is 19.9. The number of ketones is 1. The van der Waals surface area contributed by atoms with E-state index in [4.69, 9.17) is 18.9 Å². The number of aliphatic hydroxyl groups excluding tert-OH is 7. The number of Topliss-reactive ketones (excluding diaryl/α,β-unsaturated/α-hetero) is 1. The number of carbonyl (C=O) groups excluding carboxylic acids is 1. The highest BCUT2D eigenvalue weighted by molar-refractivity contribution is 5.84. The van der Waals surface area contributed by atoms with Gasteiger partial charge in [-0.1, -0.05) is 46.3 Å². The fourth-order valence-electron chi connectivity index (χ4n) is 13.0. The van der Waals surface area contributed by atoms with E-state index in [1.807, 2.05) is 6.92 Å². The standard InChI is InChI=1S/C42H70O13/c1-21(2)10-9-14-42(8,51)22-11-16-41(7)29(22)23(45)18-27-39(5)15-13-28(38(3,4)26(39)12-17-40(27,41)6)54-37-35(33(49)31(47)25(20-44)53-37)55-36-34(50)32(48)30(46)24(19-43)52-36/h10,22,24-37,43-44,46-51H,9,11-20H2,1-8H3/t22-,24+,25+,26-,27+,28-,29-,30+,31+,32-,33-,34+,35+,36-,37-,39-,40+,41+,42+/m0/s1. The SMILES string of the molecule is CC(C)=CCC[C@@](C)(O)[C@H]1CC[C@]2(C)[C@@H]1C(=O)C[C@@H]1[C@@]3(C)CC[C@H](O[C@@H]4O[C@H](CO)[C@@H](O)[C@H](O)[C@H]4O[C@@H]4O[C@H](CO)[C@@H](O)[C@H](O)[C@H]4O)C(C)(C)[C@@H]3CC[C@]12C. The maximum absolute atomic E-state index is 14.5. The van der Waals surface area contributed by atoms with Crippen LogP contribution in [0.5, 0.6) is 0 Å². The average molecular weight is 783 g/mol. The first kappa shape index (κ1) is 43.5. The van der Waals surface area contributed by atoms with E-state index in [9.17, 15) is 45.6 Å². The number of hydrogen-bond donors (Lipinski definition) is 8. The summed E-state index contributed by atoms with van der Waals surface area (Å²) in [6, 6.07) is 0. The van der Waals surface area contributed by atoms with Gasteiger partial charge in [0, 0.05) is 12.3 Å². The van der Waals surface area contributed by atoms with E-state index in [0.717, 1.165) is 38.5 Å². The summed E-state index contributed by atoms with van der Waals surface area (Å²) in [4.78, 5) is 14.5. The molecule has 0 aromatic heterocycles. The molecule has 0 spiro atoms. The maximum atomic E-state index is 14.5. The predicted octanol–water partition coefficient (Wildman–Crippen LogP) is 2.36. The Hall–Kier alpha value is -1.07. The molecule has 19 atom stereocenters. The molecule has 2 aliphatic heterocycles. The highest BCUT2D eigenvalue weighted by Gasteiger charge is 2.72. The number of rotatable bonds is 10. The molecule has 6 aliphatic rings. The maximum Gasteiger partial charge on any atom is 0.187 e. The van der Waals surface area contributed by atoms with Crippen molar-refractivity contribution in [2.24, 2.45) is 45.3 Å². The van der Waals surface area contributed by atoms with Gasteiger partial charge in [0.05, 0.1) is 24.9 Å². The number of hydrogen-bond acceptors (Lipinski definition) is 13. The molecule has 0 amide bonds. The van der Waals surface area contributed by atoms with Gasteiger partial charge in [-0.2, -0.15) is 0 Å². The van der Waals surface area contributed by atoms with E-state index in [0.29, 0.717) is 19.3 Å². The fraction of sp³-hybridized carbons (Fsp3) is 0.929. The minimum atomic E-state index is -1.76. The molecular formula is C42H70O13. The Morgan fingerprint density at radius 3 is 2.00 bits per heavy atom. The summed E-state index contributed by atoms with van der Waals surface area (Å²) in [5.41, 5.74) is -0.735. The topological polar surface area (TPSA) is 216 Å². The van der Waals surface area contributed by atoms with E-state index in [1.54, 1.807) is 0 Å². The Balaban J connectivity index is 1.23. The zero-order chi connectivity index (χ0) is 40.6. The largest absolute Gasteiger partial charge is 0.394 e. The second-order valence-corrected chi connectivity index (χ2v) is 19.9. The highest BCUT2D eigenvalue weighted by atomic mass is 16.8. The van der Waals surface area contributed by atoms with E-state index >= 15 is 0 Å². The first-order valence-electron chi connectivity index (χ1n) is 20.7. The van der Waals surface area contributed by atoms with E-state index in [1.165, 1.54) is 5.57 Å². The van der Waals surface area contributed by atoms with Crippen LogP contribution in [0.4, 0.5) is 0 Å². The quantitative estimate of drug-likeness (QED) is 0.118. The monoisotopic (exact) mass is 782 g/mol. The first-order valence-corrected chi connectivity index (χ1v) is 20.7. The highest BCUT2D eigenvalue weighted by Crippen LogP contribution is 2.75. The molecule has 0 radical (unpaired) electrons. The summed E-state index contributed by atoms with van der Waals surface area (Å²) in [5, 5.41) is 85.1. The number of fused-ring (bicyclic) bond motifs is 5. The van der Waals surface area contributed by atoms with Gasteiger partial charge in [-0.3, -0.25) is 4.79 Å². The lowest BCUT2D eigenvalue weighted by molar-refractivity contribution is -0.378. The molecule has 13 nitrogen and oxygen atoms in total. The zero-order valence-electron chi connectivity index (χ0n) is 34.1. The molecule has 2 heterocycles. The molecule has 13 heteroatoms. The third-order valence-corrected chi connectivity index (χ3v) is 16.4. The summed E-state index contributed by atoms with van der Waals surface area (Å²) in [5.74, 6) is 0.287. The van der Waals surface area contributed by atoms with Gasteiger partial charge >= 0.3 is 0 Å². The van der Waals surface area contributed by atoms with E-state index in [2.05, 4.69) is 54.5 Å². The van der Waals surface area contributed by atoms with Gasteiger partial charge in [-0.25, -0.2) is 0 Å². The van der Waals surface area contributed by atoms with Crippen LogP contribution in [-0.4, -0.2) is 133 Å². The van der Waals surface area contributed by atoms with Gasteiger partial charge in [0.2, 0.25) is 0 Å². The van der Waals surface area contributed by atoms with Gasteiger partial charge in [0.1, 0.15) is 54.6 Å². The molecule has 4 aliphatic carbocycles. The van der Waals surface area contributed by atoms with E-state index in [-0.39, 0.29) is 45.7 Å². The van der Waals surface area contributed by atoms with Gasteiger partial charge in [-0.05, 0) is 112 Å². The second kappa shape index (κ2) is 15.5. The fourth-order valence-corrected chi connectivity index (χ4v) is 13.0. The Bertz CT molecular complexity index is 1410. The molecule has 55 heavy (non-hydrogen) atoms. The van der Waals surface area contributed by atoms with Crippen LogP contribution in [0.3, 0.4) is 0 Å². The van der Waals surface area contributed by atoms with Crippen LogP contribution < -0.4 is 0 Å². The van der Waals surface area contributed by atoms with Crippen molar-refractivity contribution >= 4 is 5.78 Å². The van der Waals surface area contributed by atoms with Crippen molar-refractivity contribution in [2.75, 3.05) is 13.2 Å². The van der Waals surface area contributed by atoms with Crippen LogP contribution in [0.25, 0.3) is 0 Å². The Labute approximate surface area is 326 Å². The molecule has 0 unspecified atom stereocenters. The lowest BCUT2D eigenvalue weighted by Crippen LogP contribution is -2.67. The lowest BCUT2D eigenvalue weighted by atomic mass is 9.35. The van der Waals surface area contributed by atoms with Gasteiger partial charge in [0.15, 0.2) is 12.6 Å². The van der Waals surface area contributed by atoms with Crippen molar-refractivity contribution in [3.8, 4) is 0 Å². The smallest absolute Gasteiger partial charge is 0.187 e. The molecule has 8 N–H and O–H groups in total. The molecular weight excluding hydrogens is 712 g/mol. The van der Waals surface area contributed by atoms with Gasteiger partial charge in [-0.15, -0.1) is 0 Å². The third kappa shape index (κ3) is 7.11. The summed E-state index contributed by atoms with van der Waals surface area (Å²) >= 11 is 0. The van der Waals surface area contributed by atoms with Crippen LogP contribution >= 0.6 is 0 Å². The molecule has 0 bridgehead atoms. The number of carbonyl (C=O) groups is 1. The Morgan fingerprint density at radius 1 is 0.782 bits per heavy atom. The molecule has 6 rings (SSSR count). The van der Waals surface area contributed by atoms with Gasteiger partial charge < -0.3 is 59.8 Å². The van der Waals surface area contributed by atoms with Crippen molar-refractivity contribution < 1.29 is 64.6 Å². The van der Waals surface area contributed by atoms with Crippen LogP contribution in [-0.2, 0) is 23.7 Å². The minimum absolute atomic E-state index is 0.0790. The van der Waals surface area contributed by atoms with E-state index < -0.39 is 91.7 Å². The van der Waals surface area contributed by atoms with Crippen LogP contribution in [0, 0.1) is 45.3 Å². The zero-order valence-corrected chi connectivity index (χ0v) is 34.1. The Morgan fingerprint density at radius 2 is 1.38 bits per heavy atom. The van der Waals surface area contributed by atoms with Crippen LogP contribution in [0.15, 0.2) is 11.6 Å². The van der Waals surface area contributed by atoms with Crippen molar-refractivity contribution in [3.05, 3.63) is 11.6 Å². The molecule has 0 aromatic carbocycles. The van der Waals surface area contributed by atoms with Crippen molar-refractivity contribution in [1.29, 1.82) is 0 Å². The normalized spacial score (nSPS) is 50.7. The molecule has 4 saturated carbocycles. The third-order valence-electron chi connectivity index (χ3n) is 16.4.